The molecule has 2 fully saturated rings. The van der Waals surface area contributed by atoms with Gasteiger partial charge in [-0.1, -0.05) is 25.5 Å². The van der Waals surface area contributed by atoms with Crippen molar-refractivity contribution in [1.29, 1.82) is 0 Å². The normalized spacial score (nSPS) is 20.8. The van der Waals surface area contributed by atoms with Gasteiger partial charge < -0.3 is 10.6 Å². The minimum absolute atomic E-state index is 0. The number of hydrogen-bond donors (Lipinski definition) is 2. The lowest BCUT2D eigenvalue weighted by molar-refractivity contribution is 0.102. The van der Waals surface area contributed by atoms with E-state index in [-0.39, 0.29) is 18.3 Å². The summed E-state index contributed by atoms with van der Waals surface area (Å²) in [7, 11) is 0. The third-order valence-electron chi connectivity index (χ3n) is 5.39. The highest BCUT2D eigenvalue weighted by molar-refractivity contribution is 6.03. The largest absolute Gasteiger partial charge is 0.322 e. The summed E-state index contributed by atoms with van der Waals surface area (Å²) < 4.78 is 1.84. The number of anilines is 1. The average molecular weight is 389 g/mol. The van der Waals surface area contributed by atoms with Crippen LogP contribution in [-0.2, 0) is 6.54 Å². The predicted octanol–water partition coefficient (Wildman–Crippen LogP) is 4.21. The highest BCUT2D eigenvalue weighted by Gasteiger charge is 2.38. The second-order valence-electron chi connectivity index (χ2n) is 7.72. The molecule has 0 radical (unpaired) electrons. The van der Waals surface area contributed by atoms with Gasteiger partial charge in [0.15, 0.2) is 0 Å². The molecule has 27 heavy (non-hydrogen) atoms. The molecule has 1 aromatic heterocycles. The van der Waals surface area contributed by atoms with Gasteiger partial charge in [0.25, 0.3) is 5.91 Å². The summed E-state index contributed by atoms with van der Waals surface area (Å²) >= 11 is 0. The molecule has 0 aliphatic heterocycles. The first-order chi connectivity index (χ1) is 12.7. The SMILES string of the molecule is CCCCn1cc(C(=O)Nc2ccc([C@@H]3C[C@H]3NCC3CC3)cc2)cn1.Cl. The number of amides is 1. The Morgan fingerprint density at radius 2 is 2.04 bits per heavy atom. The molecule has 146 valence electrons. The number of halogens is 1. The third-order valence-corrected chi connectivity index (χ3v) is 5.39. The Kier molecular flexibility index (Phi) is 6.55. The van der Waals surface area contributed by atoms with Crippen LogP contribution in [0, 0.1) is 5.92 Å². The molecule has 6 heteroatoms. The fourth-order valence-corrected chi connectivity index (χ4v) is 3.37. The van der Waals surface area contributed by atoms with E-state index < -0.39 is 0 Å². The Morgan fingerprint density at radius 3 is 2.74 bits per heavy atom. The van der Waals surface area contributed by atoms with Crippen LogP contribution in [0.4, 0.5) is 5.69 Å². The molecule has 0 unspecified atom stereocenters. The van der Waals surface area contributed by atoms with Crippen LogP contribution in [0.1, 0.15) is 60.9 Å². The van der Waals surface area contributed by atoms with Crippen molar-refractivity contribution in [2.45, 2.75) is 57.5 Å². The number of hydrogen-bond acceptors (Lipinski definition) is 3. The van der Waals surface area contributed by atoms with Gasteiger partial charge in [0.05, 0.1) is 11.8 Å². The summed E-state index contributed by atoms with van der Waals surface area (Å²) in [6.07, 6.45) is 9.68. The molecule has 0 spiro atoms. The van der Waals surface area contributed by atoms with Crippen molar-refractivity contribution in [2.24, 2.45) is 5.92 Å². The van der Waals surface area contributed by atoms with Gasteiger partial charge in [0.1, 0.15) is 0 Å². The zero-order chi connectivity index (χ0) is 17.9. The number of carbonyl (C=O) groups excluding carboxylic acids is 1. The predicted molar refractivity (Wildman–Crippen MR) is 111 cm³/mol. The van der Waals surface area contributed by atoms with Crippen LogP contribution in [0.2, 0.25) is 0 Å². The van der Waals surface area contributed by atoms with Gasteiger partial charge in [-0.15, -0.1) is 12.4 Å². The van der Waals surface area contributed by atoms with E-state index in [0.717, 1.165) is 31.0 Å². The lowest BCUT2D eigenvalue weighted by atomic mass is 10.1. The van der Waals surface area contributed by atoms with Gasteiger partial charge in [0, 0.05) is 30.4 Å². The number of benzene rings is 1. The Bertz CT molecular complexity index is 754. The summed E-state index contributed by atoms with van der Waals surface area (Å²) in [6, 6.07) is 8.94. The van der Waals surface area contributed by atoms with Gasteiger partial charge in [-0.05, 0) is 55.8 Å². The molecule has 0 saturated heterocycles. The molecule has 1 amide bonds. The Hall–Kier alpha value is -1.85. The lowest BCUT2D eigenvalue weighted by Gasteiger charge is -2.06. The number of unbranched alkanes of at least 4 members (excludes halogenated alkanes) is 1. The maximum atomic E-state index is 12.4. The van der Waals surface area contributed by atoms with Crippen molar-refractivity contribution in [3.63, 3.8) is 0 Å². The minimum atomic E-state index is -0.101. The van der Waals surface area contributed by atoms with Crippen molar-refractivity contribution in [3.05, 3.63) is 47.8 Å². The van der Waals surface area contributed by atoms with Crippen LogP contribution in [0.25, 0.3) is 0 Å². The smallest absolute Gasteiger partial charge is 0.258 e. The van der Waals surface area contributed by atoms with Crippen LogP contribution in [0.5, 0.6) is 0 Å². The van der Waals surface area contributed by atoms with Gasteiger partial charge in [-0.3, -0.25) is 9.48 Å². The van der Waals surface area contributed by atoms with Crippen molar-refractivity contribution in [2.75, 3.05) is 11.9 Å². The van der Waals surface area contributed by atoms with E-state index in [2.05, 4.69) is 34.8 Å². The molecule has 4 rings (SSSR count). The number of carbonyl (C=O) groups is 1. The molecule has 5 nitrogen and oxygen atoms in total. The number of nitrogens with zero attached hydrogens (tertiary/aromatic N) is 2. The number of rotatable bonds is 9. The highest BCUT2D eigenvalue weighted by atomic mass is 35.5. The quantitative estimate of drug-likeness (QED) is 0.676. The summed E-state index contributed by atoms with van der Waals surface area (Å²) in [5.74, 6) is 1.46. The fourth-order valence-electron chi connectivity index (χ4n) is 3.37. The van der Waals surface area contributed by atoms with Gasteiger partial charge in [0.2, 0.25) is 0 Å². The number of aromatic nitrogens is 2. The molecule has 2 N–H and O–H groups in total. The first-order valence-corrected chi connectivity index (χ1v) is 9.90. The second kappa shape index (κ2) is 8.89. The van der Waals surface area contributed by atoms with Gasteiger partial charge in [-0.2, -0.15) is 5.10 Å². The monoisotopic (exact) mass is 388 g/mol. The van der Waals surface area contributed by atoms with Crippen molar-refractivity contribution in [3.8, 4) is 0 Å². The van der Waals surface area contributed by atoms with Crippen LogP contribution in [0.3, 0.4) is 0 Å². The van der Waals surface area contributed by atoms with Gasteiger partial charge in [-0.25, -0.2) is 0 Å². The van der Waals surface area contributed by atoms with E-state index in [0.29, 0.717) is 17.5 Å². The highest BCUT2D eigenvalue weighted by Crippen LogP contribution is 2.41. The summed E-state index contributed by atoms with van der Waals surface area (Å²) in [4.78, 5) is 12.4. The maximum Gasteiger partial charge on any atom is 0.258 e. The van der Waals surface area contributed by atoms with Crippen molar-refractivity contribution in [1.82, 2.24) is 15.1 Å². The first kappa shape index (κ1) is 19.9. The maximum absolute atomic E-state index is 12.4. The van der Waals surface area contributed by atoms with E-state index in [9.17, 15) is 4.79 Å². The topological polar surface area (TPSA) is 59.0 Å². The molecule has 2 aliphatic rings. The molecule has 1 aromatic carbocycles. The van der Waals surface area contributed by atoms with E-state index in [1.165, 1.54) is 31.4 Å². The molecule has 1 heterocycles. The van der Waals surface area contributed by atoms with E-state index >= 15 is 0 Å². The first-order valence-electron chi connectivity index (χ1n) is 9.90. The molecule has 2 atom stereocenters. The second-order valence-corrected chi connectivity index (χ2v) is 7.72. The van der Waals surface area contributed by atoms with E-state index in [1.54, 1.807) is 6.20 Å². The molecule has 0 bridgehead atoms. The third kappa shape index (κ3) is 5.33. The lowest BCUT2D eigenvalue weighted by Crippen LogP contribution is -2.20. The summed E-state index contributed by atoms with van der Waals surface area (Å²) in [5, 5.41) is 10.9. The zero-order valence-corrected chi connectivity index (χ0v) is 16.7. The molecular formula is C21H29ClN4O. The summed E-state index contributed by atoms with van der Waals surface area (Å²) in [6.45, 7) is 4.19. The van der Waals surface area contributed by atoms with E-state index in [1.807, 2.05) is 23.0 Å². The summed E-state index contributed by atoms with van der Waals surface area (Å²) in [5.41, 5.74) is 2.81. The molecule has 2 aliphatic carbocycles. The van der Waals surface area contributed by atoms with Crippen LogP contribution < -0.4 is 10.6 Å². The van der Waals surface area contributed by atoms with Crippen molar-refractivity contribution >= 4 is 24.0 Å². The van der Waals surface area contributed by atoms with Crippen LogP contribution in [-0.4, -0.2) is 28.3 Å². The minimum Gasteiger partial charge on any atom is -0.322 e. The zero-order valence-electron chi connectivity index (χ0n) is 15.9. The molecule has 2 saturated carbocycles. The fraction of sp³-hybridized carbons (Fsp3) is 0.524. The van der Waals surface area contributed by atoms with Gasteiger partial charge >= 0.3 is 0 Å². The number of aryl methyl sites for hydroxylation is 1. The van der Waals surface area contributed by atoms with Crippen LogP contribution in [0.15, 0.2) is 36.7 Å². The average Bonchev–Trinajstić information content (AvgIpc) is 3.57. The van der Waals surface area contributed by atoms with E-state index in [4.69, 9.17) is 0 Å². The molecular weight excluding hydrogens is 360 g/mol. The Balaban J connectivity index is 0.00000210. The molecule has 2 aromatic rings. The number of nitrogens with one attached hydrogen (secondary N) is 2. The van der Waals surface area contributed by atoms with Crippen LogP contribution >= 0.6 is 12.4 Å². The standard InChI is InChI=1S/C21H28N4O.ClH/c1-2-3-10-25-14-17(13-23-25)21(26)24-18-8-6-16(7-9-18)19-11-20(19)22-12-15-4-5-15;/h6-9,13-15,19-20,22H,2-5,10-12H2,1H3,(H,24,26);1H/t19-,20+;/m0./s1. The Labute approximate surface area is 167 Å². The van der Waals surface area contributed by atoms with Crippen molar-refractivity contribution < 1.29 is 4.79 Å². The Morgan fingerprint density at radius 1 is 1.26 bits per heavy atom.